The van der Waals surface area contributed by atoms with E-state index in [1.54, 1.807) is 11.1 Å². The number of rotatable bonds is 0. The van der Waals surface area contributed by atoms with Crippen molar-refractivity contribution in [1.82, 2.24) is 5.32 Å². The summed E-state index contributed by atoms with van der Waals surface area (Å²) < 4.78 is 0. The molecule has 0 saturated carbocycles. The summed E-state index contributed by atoms with van der Waals surface area (Å²) in [7, 11) is 0. The van der Waals surface area contributed by atoms with E-state index in [2.05, 4.69) is 42.2 Å². The Hall–Kier alpha value is -0.470. The van der Waals surface area contributed by atoms with Crippen LogP contribution in [0.3, 0.4) is 0 Å². The average molecular weight is 219 g/mol. The first-order chi connectivity index (χ1) is 7.30. The zero-order chi connectivity index (χ0) is 10.3. The molecule has 1 atom stereocenters. The van der Waals surface area contributed by atoms with E-state index in [9.17, 15) is 0 Å². The highest BCUT2D eigenvalue weighted by molar-refractivity contribution is 8.00. The molecule has 0 amide bonds. The summed E-state index contributed by atoms with van der Waals surface area (Å²) in [6, 6.07) is 6.94. The first-order valence-electron chi connectivity index (χ1n) is 5.79. The number of hydrogen-bond donors (Lipinski definition) is 1. The average Bonchev–Trinajstić information content (AvgIpc) is 2.59. The maximum Gasteiger partial charge on any atom is 0.0907 e. The highest BCUT2D eigenvalue weighted by Gasteiger charge is 2.39. The van der Waals surface area contributed by atoms with Crippen LogP contribution in [0.5, 0.6) is 0 Å². The Morgan fingerprint density at radius 2 is 2.33 bits per heavy atom. The molecule has 0 aromatic heterocycles. The topological polar surface area (TPSA) is 12.0 Å². The Bertz CT molecular complexity index is 375. The first-order valence-corrected chi connectivity index (χ1v) is 6.78. The van der Waals surface area contributed by atoms with Crippen molar-refractivity contribution in [3.63, 3.8) is 0 Å². The van der Waals surface area contributed by atoms with Gasteiger partial charge >= 0.3 is 0 Å². The summed E-state index contributed by atoms with van der Waals surface area (Å²) in [6.07, 6.45) is 3.83. The molecule has 0 radical (unpaired) electrons. The highest BCUT2D eigenvalue weighted by atomic mass is 32.2. The van der Waals surface area contributed by atoms with Crippen LogP contribution in [0.4, 0.5) is 0 Å². The number of benzene rings is 1. The van der Waals surface area contributed by atoms with Crippen molar-refractivity contribution in [2.75, 3.05) is 12.3 Å². The second-order valence-corrected chi connectivity index (χ2v) is 6.01. The molecule has 3 rings (SSSR count). The molecule has 1 nitrogen and oxygen atoms in total. The van der Waals surface area contributed by atoms with Gasteiger partial charge in [-0.2, -0.15) is 0 Å². The second kappa shape index (κ2) is 3.53. The van der Waals surface area contributed by atoms with Gasteiger partial charge in [0.05, 0.1) is 4.87 Å². The molecule has 2 heteroatoms. The molecular weight excluding hydrogens is 202 g/mol. The van der Waals surface area contributed by atoms with Crippen molar-refractivity contribution in [3.8, 4) is 0 Å². The third kappa shape index (κ3) is 1.51. The summed E-state index contributed by atoms with van der Waals surface area (Å²) >= 11 is 2.11. The molecule has 80 valence electrons. The molecular formula is C13H17NS. The van der Waals surface area contributed by atoms with Gasteiger partial charge in [0.1, 0.15) is 0 Å². The van der Waals surface area contributed by atoms with E-state index in [4.69, 9.17) is 0 Å². The van der Waals surface area contributed by atoms with E-state index in [0.29, 0.717) is 0 Å². The van der Waals surface area contributed by atoms with Gasteiger partial charge in [0.15, 0.2) is 0 Å². The number of fused-ring (bicyclic) bond motifs is 2. The Labute approximate surface area is 95.6 Å². The van der Waals surface area contributed by atoms with Gasteiger partial charge in [0, 0.05) is 0 Å². The molecule has 15 heavy (non-hydrogen) atoms. The monoisotopic (exact) mass is 219 g/mol. The van der Waals surface area contributed by atoms with Gasteiger partial charge in [-0.1, -0.05) is 23.8 Å². The summed E-state index contributed by atoms with van der Waals surface area (Å²) in [4.78, 5) is 0.263. The fraction of sp³-hybridized carbons (Fsp3) is 0.538. The van der Waals surface area contributed by atoms with Crippen molar-refractivity contribution < 1.29 is 0 Å². The number of hydrogen-bond acceptors (Lipinski definition) is 2. The molecule has 1 aromatic carbocycles. The summed E-state index contributed by atoms with van der Waals surface area (Å²) in [5, 5.41) is 3.74. The minimum Gasteiger partial charge on any atom is -0.299 e. The Morgan fingerprint density at radius 3 is 3.13 bits per heavy atom. The Morgan fingerprint density at radius 1 is 1.40 bits per heavy atom. The normalized spacial score (nSPS) is 29.4. The fourth-order valence-electron chi connectivity index (χ4n) is 2.72. The van der Waals surface area contributed by atoms with E-state index < -0.39 is 0 Å². The van der Waals surface area contributed by atoms with Crippen LogP contribution in [-0.4, -0.2) is 12.3 Å². The molecule has 2 aliphatic rings. The molecule has 1 aliphatic heterocycles. The first kappa shape index (κ1) is 9.73. The lowest BCUT2D eigenvalue weighted by molar-refractivity contribution is 0.465. The molecule has 1 N–H and O–H groups in total. The lowest BCUT2D eigenvalue weighted by Crippen LogP contribution is -2.41. The molecule has 1 aliphatic carbocycles. The van der Waals surface area contributed by atoms with Crippen LogP contribution in [0.1, 0.15) is 29.5 Å². The predicted octanol–water partition coefficient (Wildman–Crippen LogP) is 2.82. The van der Waals surface area contributed by atoms with E-state index in [0.717, 1.165) is 0 Å². The molecule has 1 saturated heterocycles. The van der Waals surface area contributed by atoms with E-state index in [1.807, 2.05) is 0 Å². The standard InChI is InChI=1S/C13H17NS/c1-10-3-4-11-5-6-13(12(11)9-10)14-7-2-8-15-13/h3-4,9,14H,2,5-8H2,1H3. The molecule has 0 bridgehead atoms. The van der Waals surface area contributed by atoms with E-state index >= 15 is 0 Å². The van der Waals surface area contributed by atoms with Gasteiger partial charge in [0.2, 0.25) is 0 Å². The van der Waals surface area contributed by atoms with Crippen LogP contribution in [0, 0.1) is 6.92 Å². The van der Waals surface area contributed by atoms with E-state index in [-0.39, 0.29) is 4.87 Å². The van der Waals surface area contributed by atoms with Crippen LogP contribution in [0.25, 0.3) is 0 Å². The van der Waals surface area contributed by atoms with Gasteiger partial charge in [-0.3, -0.25) is 5.32 Å². The van der Waals surface area contributed by atoms with Gasteiger partial charge in [-0.15, -0.1) is 11.8 Å². The smallest absolute Gasteiger partial charge is 0.0907 e. The van der Waals surface area contributed by atoms with Gasteiger partial charge < -0.3 is 0 Å². The van der Waals surface area contributed by atoms with Crippen LogP contribution >= 0.6 is 11.8 Å². The zero-order valence-electron chi connectivity index (χ0n) is 9.18. The number of nitrogens with one attached hydrogen (secondary N) is 1. The molecule has 1 spiro atoms. The largest absolute Gasteiger partial charge is 0.299 e. The van der Waals surface area contributed by atoms with Crippen LogP contribution in [-0.2, 0) is 11.3 Å². The molecule has 1 heterocycles. The predicted molar refractivity (Wildman–Crippen MR) is 66.3 cm³/mol. The van der Waals surface area contributed by atoms with E-state index in [1.165, 1.54) is 37.1 Å². The van der Waals surface area contributed by atoms with Gasteiger partial charge in [-0.05, 0) is 49.6 Å². The zero-order valence-corrected chi connectivity index (χ0v) is 9.99. The van der Waals surface area contributed by atoms with Crippen LogP contribution < -0.4 is 5.32 Å². The fourth-order valence-corrected chi connectivity index (χ4v) is 4.16. The Balaban J connectivity index is 2.05. The lowest BCUT2D eigenvalue weighted by atomic mass is 10.0. The summed E-state index contributed by atoms with van der Waals surface area (Å²) in [5.41, 5.74) is 4.51. The lowest BCUT2D eigenvalue weighted by Gasteiger charge is -2.35. The van der Waals surface area contributed by atoms with Crippen molar-refractivity contribution in [2.24, 2.45) is 0 Å². The minimum atomic E-state index is 0.263. The summed E-state index contributed by atoms with van der Waals surface area (Å²) in [6.45, 7) is 3.38. The second-order valence-electron chi connectivity index (χ2n) is 4.62. The third-order valence-electron chi connectivity index (χ3n) is 3.53. The highest BCUT2D eigenvalue weighted by Crippen LogP contribution is 2.47. The molecule has 1 fully saturated rings. The molecule has 1 unspecified atom stereocenters. The quantitative estimate of drug-likeness (QED) is 0.720. The van der Waals surface area contributed by atoms with Crippen LogP contribution in [0.15, 0.2) is 18.2 Å². The van der Waals surface area contributed by atoms with Crippen molar-refractivity contribution in [3.05, 3.63) is 34.9 Å². The maximum absolute atomic E-state index is 3.74. The maximum atomic E-state index is 3.74. The van der Waals surface area contributed by atoms with Crippen molar-refractivity contribution in [1.29, 1.82) is 0 Å². The van der Waals surface area contributed by atoms with Gasteiger partial charge in [-0.25, -0.2) is 0 Å². The minimum absolute atomic E-state index is 0.263. The summed E-state index contributed by atoms with van der Waals surface area (Å²) in [5.74, 6) is 1.31. The third-order valence-corrected chi connectivity index (χ3v) is 5.08. The van der Waals surface area contributed by atoms with Crippen molar-refractivity contribution in [2.45, 2.75) is 31.1 Å². The number of aryl methyl sites for hydroxylation is 2. The van der Waals surface area contributed by atoms with Crippen molar-refractivity contribution >= 4 is 11.8 Å². The Kier molecular flexibility index (Phi) is 2.29. The number of thioether (sulfide) groups is 1. The SMILES string of the molecule is Cc1ccc2c(c1)C1(CC2)NCCCS1. The van der Waals surface area contributed by atoms with Gasteiger partial charge in [0.25, 0.3) is 0 Å². The molecule has 1 aromatic rings. The van der Waals surface area contributed by atoms with Crippen LogP contribution in [0.2, 0.25) is 0 Å².